The van der Waals surface area contributed by atoms with Gasteiger partial charge in [0.25, 0.3) is 0 Å². The lowest BCUT2D eigenvalue weighted by molar-refractivity contribution is 0.390. The summed E-state index contributed by atoms with van der Waals surface area (Å²) >= 11 is 0. The van der Waals surface area contributed by atoms with Gasteiger partial charge < -0.3 is 10.2 Å². The third-order valence-electron chi connectivity index (χ3n) is 9.41. The molecule has 2 unspecified atom stereocenters. The van der Waals surface area contributed by atoms with Crippen molar-refractivity contribution in [1.29, 1.82) is 0 Å². The highest BCUT2D eigenvalue weighted by Crippen LogP contribution is 2.40. The molecule has 4 heteroatoms. The molecular formula is C40H46N2O2. The first kappa shape index (κ1) is 31.3. The van der Waals surface area contributed by atoms with Gasteiger partial charge >= 0.3 is 0 Å². The van der Waals surface area contributed by atoms with Crippen molar-refractivity contribution in [3.63, 3.8) is 0 Å². The van der Waals surface area contributed by atoms with Crippen molar-refractivity contribution in [2.45, 2.75) is 90.1 Å². The Hall–Kier alpha value is -4.18. The van der Waals surface area contributed by atoms with Gasteiger partial charge in [-0.25, -0.2) is 0 Å². The van der Waals surface area contributed by atoms with Crippen molar-refractivity contribution in [3.8, 4) is 11.5 Å². The van der Waals surface area contributed by atoms with Crippen molar-refractivity contribution in [3.05, 3.63) is 129 Å². The molecular weight excluding hydrogens is 540 g/mol. The van der Waals surface area contributed by atoms with E-state index in [-0.39, 0.29) is 34.4 Å². The van der Waals surface area contributed by atoms with Gasteiger partial charge in [0, 0.05) is 45.5 Å². The molecule has 2 N–H and O–H groups in total. The van der Waals surface area contributed by atoms with Crippen LogP contribution in [0, 0.1) is 13.8 Å². The highest BCUT2D eigenvalue weighted by atomic mass is 16.3. The van der Waals surface area contributed by atoms with Crippen LogP contribution in [0.5, 0.6) is 11.5 Å². The van der Waals surface area contributed by atoms with Gasteiger partial charge in [0.15, 0.2) is 0 Å². The van der Waals surface area contributed by atoms with Gasteiger partial charge in [-0.2, -0.15) is 0 Å². The molecule has 1 aliphatic carbocycles. The lowest BCUT2D eigenvalue weighted by atomic mass is 9.76. The van der Waals surface area contributed by atoms with E-state index < -0.39 is 0 Å². The monoisotopic (exact) mass is 586 g/mol. The molecule has 1 saturated carbocycles. The average Bonchev–Trinajstić information content (AvgIpc) is 3.02. The number of hydrogen-bond donors (Lipinski definition) is 2. The van der Waals surface area contributed by atoms with Gasteiger partial charge in [-0.05, 0) is 61.1 Å². The largest absolute Gasteiger partial charge is 0.507 e. The second kappa shape index (κ2) is 12.8. The molecule has 0 radical (unpaired) electrons. The lowest BCUT2D eigenvalue weighted by Gasteiger charge is -2.29. The number of phenols is 2. The summed E-state index contributed by atoms with van der Waals surface area (Å²) in [5.74, 6) is 0.560. The SMILES string of the molecule is Cc1cc(C=NC2CCCCC2N=Cc2cc(C)cc(C(C)(C)c3ccccc3)c2O)c(O)c(C(C)(C)c2ccccc2)c1. The van der Waals surface area contributed by atoms with Gasteiger partial charge in [-0.3, -0.25) is 9.98 Å². The zero-order valence-corrected chi connectivity index (χ0v) is 27.0. The van der Waals surface area contributed by atoms with Gasteiger partial charge in [0.05, 0.1) is 12.1 Å². The Morgan fingerprint density at radius 1 is 0.591 bits per heavy atom. The highest BCUT2D eigenvalue weighted by Gasteiger charge is 2.29. The quantitative estimate of drug-likeness (QED) is 0.202. The number of rotatable bonds is 8. The molecule has 4 nitrogen and oxygen atoms in total. The molecule has 0 aromatic heterocycles. The van der Waals surface area contributed by atoms with Crippen molar-refractivity contribution in [1.82, 2.24) is 0 Å². The van der Waals surface area contributed by atoms with Crippen LogP contribution >= 0.6 is 0 Å². The smallest absolute Gasteiger partial charge is 0.128 e. The third-order valence-corrected chi connectivity index (χ3v) is 9.41. The molecule has 228 valence electrons. The van der Waals surface area contributed by atoms with Crippen LogP contribution in [0.1, 0.15) is 97.9 Å². The molecule has 0 aliphatic heterocycles. The maximum Gasteiger partial charge on any atom is 0.128 e. The zero-order chi connectivity index (χ0) is 31.5. The van der Waals surface area contributed by atoms with Crippen LogP contribution in [0.15, 0.2) is 94.9 Å². The summed E-state index contributed by atoms with van der Waals surface area (Å²) in [6.07, 6.45) is 7.78. The minimum Gasteiger partial charge on any atom is -0.507 e. The number of benzene rings is 4. The first-order chi connectivity index (χ1) is 21.0. The summed E-state index contributed by atoms with van der Waals surface area (Å²) in [7, 11) is 0. The summed E-state index contributed by atoms with van der Waals surface area (Å²) in [4.78, 5) is 10.0. The summed E-state index contributed by atoms with van der Waals surface area (Å²) in [6.45, 7) is 12.7. The predicted molar refractivity (Wildman–Crippen MR) is 184 cm³/mol. The fourth-order valence-corrected chi connectivity index (χ4v) is 6.58. The highest BCUT2D eigenvalue weighted by molar-refractivity contribution is 5.86. The molecule has 0 amide bonds. The number of aromatic hydroxyl groups is 2. The second-order valence-electron chi connectivity index (χ2n) is 13.5. The zero-order valence-electron chi connectivity index (χ0n) is 27.0. The second-order valence-corrected chi connectivity index (χ2v) is 13.5. The first-order valence-electron chi connectivity index (χ1n) is 15.8. The number of hydrogen-bond acceptors (Lipinski definition) is 4. The molecule has 4 aromatic rings. The van der Waals surface area contributed by atoms with Crippen molar-refractivity contribution >= 4 is 12.4 Å². The van der Waals surface area contributed by atoms with E-state index in [0.29, 0.717) is 0 Å². The minimum absolute atomic E-state index is 0.0117. The van der Waals surface area contributed by atoms with Gasteiger partial charge in [-0.1, -0.05) is 113 Å². The minimum atomic E-state index is -0.360. The molecule has 1 fully saturated rings. The fourth-order valence-electron chi connectivity index (χ4n) is 6.58. The Morgan fingerprint density at radius 2 is 0.955 bits per heavy atom. The Kier molecular flexibility index (Phi) is 9.10. The van der Waals surface area contributed by atoms with E-state index in [2.05, 4.69) is 77.9 Å². The summed E-state index contributed by atoms with van der Waals surface area (Å²) in [5, 5.41) is 22.9. The maximum absolute atomic E-state index is 11.4. The first-order valence-corrected chi connectivity index (χ1v) is 15.8. The average molecular weight is 587 g/mol. The number of phenolic OH excluding ortho intramolecular Hbond substituents is 2. The molecule has 0 spiro atoms. The van der Waals surface area contributed by atoms with Crippen LogP contribution in [-0.4, -0.2) is 34.7 Å². The number of nitrogens with zero attached hydrogens (tertiary/aromatic N) is 2. The van der Waals surface area contributed by atoms with Crippen molar-refractivity contribution in [2.75, 3.05) is 0 Å². The van der Waals surface area contributed by atoms with E-state index in [0.717, 1.165) is 70.2 Å². The normalized spacial score (nSPS) is 17.9. The van der Waals surface area contributed by atoms with Gasteiger partial charge in [-0.15, -0.1) is 0 Å². The molecule has 0 bridgehead atoms. The molecule has 1 aliphatic rings. The fraction of sp³-hybridized carbons (Fsp3) is 0.350. The molecule has 2 atom stereocenters. The molecule has 44 heavy (non-hydrogen) atoms. The van der Waals surface area contributed by atoms with Crippen LogP contribution in [-0.2, 0) is 10.8 Å². The van der Waals surface area contributed by atoms with Crippen molar-refractivity contribution in [2.24, 2.45) is 9.98 Å². The van der Waals surface area contributed by atoms with E-state index in [1.54, 1.807) is 0 Å². The third kappa shape index (κ3) is 6.50. The molecule has 4 aromatic carbocycles. The Morgan fingerprint density at radius 3 is 1.32 bits per heavy atom. The number of aliphatic imine (C=N–C) groups is 2. The lowest BCUT2D eigenvalue weighted by Crippen LogP contribution is -2.27. The molecule has 0 saturated heterocycles. The summed E-state index contributed by atoms with van der Waals surface area (Å²) in [5.41, 5.74) is 7.03. The van der Waals surface area contributed by atoms with E-state index in [1.165, 1.54) is 0 Å². The maximum atomic E-state index is 11.4. The van der Waals surface area contributed by atoms with Crippen LogP contribution in [0.3, 0.4) is 0 Å². The van der Waals surface area contributed by atoms with Crippen LogP contribution < -0.4 is 0 Å². The van der Waals surface area contributed by atoms with E-state index >= 15 is 0 Å². The number of aryl methyl sites for hydroxylation is 2. The molecule has 5 rings (SSSR count). The Labute approximate surface area is 263 Å². The van der Waals surface area contributed by atoms with Crippen LogP contribution in [0.4, 0.5) is 0 Å². The van der Waals surface area contributed by atoms with Crippen LogP contribution in [0.25, 0.3) is 0 Å². The van der Waals surface area contributed by atoms with Gasteiger partial charge in [0.2, 0.25) is 0 Å². The van der Waals surface area contributed by atoms with E-state index in [1.807, 2.05) is 61.0 Å². The topological polar surface area (TPSA) is 65.2 Å². The Bertz CT molecular complexity index is 1530. The van der Waals surface area contributed by atoms with E-state index in [4.69, 9.17) is 9.98 Å². The van der Waals surface area contributed by atoms with Crippen LogP contribution in [0.2, 0.25) is 0 Å². The summed E-state index contributed by atoms with van der Waals surface area (Å²) < 4.78 is 0. The van der Waals surface area contributed by atoms with Crippen molar-refractivity contribution < 1.29 is 10.2 Å². The summed E-state index contributed by atoms with van der Waals surface area (Å²) in [6, 6.07) is 28.8. The molecule has 0 heterocycles. The predicted octanol–water partition coefficient (Wildman–Crippen LogP) is 9.22. The van der Waals surface area contributed by atoms with E-state index in [9.17, 15) is 10.2 Å². The Balaban J connectivity index is 1.42. The van der Waals surface area contributed by atoms with Gasteiger partial charge in [0.1, 0.15) is 11.5 Å². The standard InChI is InChI=1S/C40H46N2O2/c1-27-21-29(37(43)33(23-27)39(3,4)31-15-9-7-10-16-31)25-41-35-19-13-14-20-36(35)42-26-30-22-28(2)24-34(38(30)44)40(5,6)32-17-11-8-12-18-32/h7-12,15-18,21-26,35-36,43-44H,13-14,19-20H2,1-6H3.